The summed E-state index contributed by atoms with van der Waals surface area (Å²) in [6, 6.07) is 0.254. The van der Waals surface area contributed by atoms with Crippen molar-refractivity contribution in [1.82, 2.24) is 19.8 Å². The van der Waals surface area contributed by atoms with Gasteiger partial charge in [0.25, 0.3) is 0 Å². The summed E-state index contributed by atoms with van der Waals surface area (Å²) in [7, 11) is 4.33. The average Bonchev–Trinajstić information content (AvgIpc) is 2.87. The highest BCUT2D eigenvalue weighted by atomic mass is 15.2. The number of imidazole rings is 1. The Morgan fingerprint density at radius 2 is 2.00 bits per heavy atom. The molecule has 116 valence electrons. The summed E-state index contributed by atoms with van der Waals surface area (Å²) in [5, 5.41) is 3.72. The van der Waals surface area contributed by atoms with Gasteiger partial charge < -0.3 is 14.8 Å². The van der Waals surface area contributed by atoms with E-state index in [1.54, 1.807) is 0 Å². The van der Waals surface area contributed by atoms with Crippen LogP contribution >= 0.6 is 0 Å². The molecule has 0 saturated heterocycles. The van der Waals surface area contributed by atoms with Gasteiger partial charge >= 0.3 is 0 Å². The molecule has 0 radical (unpaired) electrons. The SMILES string of the molecule is CCCNC(c1nccn1CCC)C(C)(CC)N(C)C. The van der Waals surface area contributed by atoms with Crippen molar-refractivity contribution in [2.24, 2.45) is 0 Å². The first-order valence-corrected chi connectivity index (χ1v) is 7.93. The summed E-state index contributed by atoms with van der Waals surface area (Å²) in [6.07, 6.45) is 7.38. The molecule has 0 saturated carbocycles. The van der Waals surface area contributed by atoms with Crippen LogP contribution in [0, 0.1) is 0 Å². The molecule has 0 bridgehead atoms. The highest BCUT2D eigenvalue weighted by Gasteiger charge is 2.37. The number of aryl methyl sites for hydroxylation is 1. The third-order valence-electron chi connectivity index (χ3n) is 4.43. The van der Waals surface area contributed by atoms with Gasteiger partial charge in [-0.2, -0.15) is 0 Å². The standard InChI is InChI=1S/C16H32N4/c1-7-10-17-14(16(4,9-3)19(5)6)15-18-11-13-20(15)12-8-2/h11,13-14,17H,7-10,12H2,1-6H3. The largest absolute Gasteiger partial charge is 0.334 e. The van der Waals surface area contributed by atoms with Crippen LogP contribution < -0.4 is 5.32 Å². The van der Waals surface area contributed by atoms with Crippen LogP contribution in [0.1, 0.15) is 58.8 Å². The first-order chi connectivity index (χ1) is 9.51. The van der Waals surface area contributed by atoms with E-state index in [1.165, 1.54) is 5.82 Å². The van der Waals surface area contributed by atoms with Gasteiger partial charge in [0.2, 0.25) is 0 Å². The van der Waals surface area contributed by atoms with Gasteiger partial charge in [-0.1, -0.05) is 20.8 Å². The zero-order valence-electron chi connectivity index (χ0n) is 14.1. The Morgan fingerprint density at radius 1 is 1.30 bits per heavy atom. The quantitative estimate of drug-likeness (QED) is 0.754. The van der Waals surface area contributed by atoms with Crippen molar-refractivity contribution in [1.29, 1.82) is 0 Å². The summed E-state index contributed by atoms with van der Waals surface area (Å²) in [4.78, 5) is 6.98. The van der Waals surface area contributed by atoms with Gasteiger partial charge in [0.05, 0.1) is 6.04 Å². The minimum absolute atomic E-state index is 0.0615. The lowest BCUT2D eigenvalue weighted by Crippen LogP contribution is -2.52. The van der Waals surface area contributed by atoms with Crippen LogP contribution in [0.4, 0.5) is 0 Å². The number of likely N-dealkylation sites (N-methyl/N-ethyl adjacent to an activating group) is 1. The molecule has 1 N–H and O–H groups in total. The molecule has 2 unspecified atom stereocenters. The van der Waals surface area contributed by atoms with Crippen LogP contribution in [0.3, 0.4) is 0 Å². The Labute approximate surface area is 124 Å². The normalized spacial score (nSPS) is 16.4. The molecule has 0 spiro atoms. The van der Waals surface area contributed by atoms with E-state index in [1.807, 2.05) is 6.20 Å². The Kier molecular flexibility index (Phi) is 6.69. The van der Waals surface area contributed by atoms with Crippen LogP contribution in [0.2, 0.25) is 0 Å². The molecule has 1 aromatic heterocycles. The third-order valence-corrected chi connectivity index (χ3v) is 4.43. The number of rotatable bonds is 9. The second kappa shape index (κ2) is 7.79. The molecule has 0 fully saturated rings. The monoisotopic (exact) mass is 280 g/mol. The predicted molar refractivity (Wildman–Crippen MR) is 85.9 cm³/mol. The van der Waals surface area contributed by atoms with E-state index >= 15 is 0 Å². The summed E-state index contributed by atoms with van der Waals surface area (Å²) in [6.45, 7) is 11.1. The highest BCUT2D eigenvalue weighted by molar-refractivity contribution is 5.09. The lowest BCUT2D eigenvalue weighted by molar-refractivity contribution is 0.106. The third kappa shape index (κ3) is 3.61. The maximum absolute atomic E-state index is 4.66. The van der Waals surface area contributed by atoms with Crippen LogP contribution in [0.25, 0.3) is 0 Å². The molecule has 4 nitrogen and oxygen atoms in total. The van der Waals surface area contributed by atoms with Gasteiger partial charge in [0.1, 0.15) is 5.82 Å². The van der Waals surface area contributed by atoms with E-state index in [9.17, 15) is 0 Å². The zero-order valence-corrected chi connectivity index (χ0v) is 14.1. The van der Waals surface area contributed by atoms with Gasteiger partial charge in [-0.3, -0.25) is 0 Å². The van der Waals surface area contributed by atoms with Crippen molar-refractivity contribution in [2.75, 3.05) is 20.6 Å². The molecule has 0 amide bonds. The number of aromatic nitrogens is 2. The van der Waals surface area contributed by atoms with E-state index in [2.05, 4.69) is 67.8 Å². The van der Waals surface area contributed by atoms with E-state index in [0.29, 0.717) is 0 Å². The topological polar surface area (TPSA) is 33.1 Å². The molecule has 0 aliphatic heterocycles. The fourth-order valence-electron chi connectivity index (χ4n) is 2.67. The molecule has 1 rings (SSSR count). The lowest BCUT2D eigenvalue weighted by atomic mass is 9.87. The van der Waals surface area contributed by atoms with Crippen molar-refractivity contribution >= 4 is 0 Å². The van der Waals surface area contributed by atoms with Gasteiger partial charge in [-0.05, 0) is 46.8 Å². The summed E-state index contributed by atoms with van der Waals surface area (Å²) >= 11 is 0. The molecule has 0 aliphatic rings. The Morgan fingerprint density at radius 3 is 2.50 bits per heavy atom. The highest BCUT2D eigenvalue weighted by Crippen LogP contribution is 2.32. The van der Waals surface area contributed by atoms with Gasteiger partial charge in [0.15, 0.2) is 0 Å². The Bertz CT molecular complexity index is 386. The minimum Gasteiger partial charge on any atom is -0.334 e. The van der Waals surface area contributed by atoms with E-state index < -0.39 is 0 Å². The summed E-state index contributed by atoms with van der Waals surface area (Å²) in [5.74, 6) is 1.17. The second-order valence-electron chi connectivity index (χ2n) is 5.97. The minimum atomic E-state index is 0.0615. The van der Waals surface area contributed by atoms with Gasteiger partial charge in [-0.25, -0.2) is 4.98 Å². The van der Waals surface area contributed by atoms with Crippen molar-refractivity contribution < 1.29 is 0 Å². The fourth-order valence-corrected chi connectivity index (χ4v) is 2.67. The van der Waals surface area contributed by atoms with Crippen molar-refractivity contribution in [3.05, 3.63) is 18.2 Å². The molecule has 1 aromatic rings. The average molecular weight is 280 g/mol. The molecule has 1 heterocycles. The molecule has 20 heavy (non-hydrogen) atoms. The van der Waals surface area contributed by atoms with Crippen molar-refractivity contribution in [3.63, 3.8) is 0 Å². The predicted octanol–water partition coefficient (Wildman–Crippen LogP) is 3.06. The maximum Gasteiger partial charge on any atom is 0.127 e. The van der Waals surface area contributed by atoms with Crippen molar-refractivity contribution in [2.45, 2.75) is 65.1 Å². The van der Waals surface area contributed by atoms with E-state index in [0.717, 1.165) is 32.4 Å². The van der Waals surface area contributed by atoms with E-state index in [-0.39, 0.29) is 11.6 Å². The van der Waals surface area contributed by atoms with Crippen LogP contribution in [0.15, 0.2) is 12.4 Å². The van der Waals surface area contributed by atoms with Crippen LogP contribution in [0.5, 0.6) is 0 Å². The summed E-state index contributed by atoms with van der Waals surface area (Å²) < 4.78 is 2.30. The number of hydrogen-bond acceptors (Lipinski definition) is 3. The zero-order chi connectivity index (χ0) is 15.2. The van der Waals surface area contributed by atoms with Crippen LogP contribution in [-0.4, -0.2) is 40.6 Å². The lowest BCUT2D eigenvalue weighted by Gasteiger charge is -2.42. The molecule has 2 atom stereocenters. The number of nitrogens with zero attached hydrogens (tertiary/aromatic N) is 3. The first kappa shape index (κ1) is 17.2. The van der Waals surface area contributed by atoms with Crippen molar-refractivity contribution in [3.8, 4) is 0 Å². The molecular formula is C16H32N4. The van der Waals surface area contributed by atoms with Crippen LogP contribution in [-0.2, 0) is 6.54 Å². The Balaban J connectivity index is 3.13. The summed E-state index contributed by atoms with van der Waals surface area (Å²) in [5.41, 5.74) is 0.0615. The molecular weight excluding hydrogens is 248 g/mol. The molecule has 4 heteroatoms. The van der Waals surface area contributed by atoms with Gasteiger partial charge in [-0.15, -0.1) is 0 Å². The fraction of sp³-hybridized carbons (Fsp3) is 0.812. The smallest absolute Gasteiger partial charge is 0.127 e. The number of hydrogen-bond donors (Lipinski definition) is 1. The molecule has 0 aliphatic carbocycles. The second-order valence-corrected chi connectivity index (χ2v) is 5.97. The molecule has 0 aromatic carbocycles. The number of nitrogens with one attached hydrogen (secondary N) is 1. The van der Waals surface area contributed by atoms with E-state index in [4.69, 9.17) is 0 Å². The first-order valence-electron chi connectivity index (χ1n) is 7.93. The maximum atomic E-state index is 4.66. The Hall–Kier alpha value is -0.870. The van der Waals surface area contributed by atoms with Gasteiger partial charge in [0, 0.05) is 24.5 Å².